The molecule has 0 saturated carbocycles. The maximum atomic E-state index is 12.5. The van der Waals surface area contributed by atoms with Crippen LogP contribution in [0, 0.1) is 5.92 Å². The Labute approximate surface area is 190 Å². The van der Waals surface area contributed by atoms with Crippen molar-refractivity contribution in [2.24, 2.45) is 5.92 Å². The van der Waals surface area contributed by atoms with Gasteiger partial charge in [-0.3, -0.25) is 14.6 Å². The molecule has 1 N–H and O–H groups in total. The summed E-state index contributed by atoms with van der Waals surface area (Å²) in [6, 6.07) is 9.70. The van der Waals surface area contributed by atoms with Gasteiger partial charge in [-0.15, -0.1) is 0 Å². The maximum Gasteiger partial charge on any atom is 0.306 e. The molecule has 0 spiro atoms. The molecule has 172 valence electrons. The van der Waals surface area contributed by atoms with Crippen molar-refractivity contribution in [2.45, 2.75) is 50.9 Å². The molecule has 1 unspecified atom stereocenters. The molecule has 0 aliphatic carbocycles. The van der Waals surface area contributed by atoms with Crippen molar-refractivity contribution in [3.8, 4) is 0 Å². The van der Waals surface area contributed by atoms with E-state index in [4.69, 9.17) is 4.74 Å². The van der Waals surface area contributed by atoms with Crippen molar-refractivity contribution in [2.75, 3.05) is 32.1 Å². The first-order valence-corrected chi connectivity index (χ1v) is 11.5. The molecule has 3 heterocycles. The number of hydrogen-bond donors (Lipinski definition) is 1. The number of rotatable bonds is 11. The molecular weight excluding hydrogens is 404 g/mol. The Bertz CT molecular complexity index is 824. The molecule has 1 atom stereocenters. The van der Waals surface area contributed by atoms with Gasteiger partial charge in [-0.05, 0) is 67.7 Å². The Morgan fingerprint density at radius 2 is 2.03 bits per heavy atom. The second-order valence-corrected chi connectivity index (χ2v) is 8.41. The summed E-state index contributed by atoms with van der Waals surface area (Å²) in [7, 11) is 1.43. The molecule has 1 fully saturated rings. The average Bonchev–Trinajstić information content (AvgIpc) is 2.85. The number of nitrogens with one attached hydrogen (secondary N) is 1. The number of anilines is 1. The standard InChI is InChI=1S/C25H34N4O3/c1-32-25(31)18-21(22-6-4-13-26-19-22)10-9-20-11-16-29(17-12-20)24(30)8-5-15-28-23-7-2-3-14-27-23/h2-4,6-7,13-14,19-21H,5,8-12,15-18H2,1H3,(H,27,28). The normalized spacial score (nSPS) is 15.2. The van der Waals surface area contributed by atoms with Crippen LogP contribution in [-0.2, 0) is 14.3 Å². The van der Waals surface area contributed by atoms with Crippen LogP contribution < -0.4 is 5.32 Å². The summed E-state index contributed by atoms with van der Waals surface area (Å²) in [6.45, 7) is 2.40. The van der Waals surface area contributed by atoms with E-state index < -0.39 is 0 Å². The van der Waals surface area contributed by atoms with E-state index in [2.05, 4.69) is 15.3 Å². The Morgan fingerprint density at radius 1 is 1.19 bits per heavy atom. The third kappa shape index (κ3) is 7.62. The highest BCUT2D eigenvalue weighted by atomic mass is 16.5. The second kappa shape index (κ2) is 12.8. The zero-order valence-electron chi connectivity index (χ0n) is 18.9. The van der Waals surface area contributed by atoms with Gasteiger partial charge in [-0.25, -0.2) is 4.98 Å². The van der Waals surface area contributed by atoms with E-state index in [1.54, 1.807) is 12.4 Å². The molecule has 7 nitrogen and oxygen atoms in total. The fourth-order valence-electron chi connectivity index (χ4n) is 4.28. The molecule has 1 aliphatic heterocycles. The number of carbonyl (C=O) groups is 2. The van der Waals surface area contributed by atoms with Gasteiger partial charge in [0.05, 0.1) is 13.5 Å². The van der Waals surface area contributed by atoms with Gasteiger partial charge >= 0.3 is 5.97 Å². The molecule has 1 amide bonds. The Kier molecular flexibility index (Phi) is 9.47. The number of nitrogens with zero attached hydrogens (tertiary/aromatic N) is 3. The lowest BCUT2D eigenvalue weighted by molar-refractivity contribution is -0.141. The van der Waals surface area contributed by atoms with Crippen molar-refractivity contribution < 1.29 is 14.3 Å². The van der Waals surface area contributed by atoms with Crippen LogP contribution in [-0.4, -0.2) is 53.5 Å². The fourth-order valence-corrected chi connectivity index (χ4v) is 4.28. The van der Waals surface area contributed by atoms with Crippen LogP contribution in [0.2, 0.25) is 0 Å². The number of amides is 1. The molecule has 2 aromatic rings. The Hall–Kier alpha value is -2.96. The molecular formula is C25H34N4O3. The van der Waals surface area contributed by atoms with Crippen LogP contribution in [0.1, 0.15) is 56.4 Å². The fraction of sp³-hybridized carbons (Fsp3) is 0.520. The molecule has 7 heteroatoms. The van der Waals surface area contributed by atoms with Crippen molar-refractivity contribution in [1.82, 2.24) is 14.9 Å². The van der Waals surface area contributed by atoms with E-state index in [1.807, 2.05) is 41.4 Å². The predicted octanol–water partition coefficient (Wildman–Crippen LogP) is 4.03. The molecule has 0 bridgehead atoms. The summed E-state index contributed by atoms with van der Waals surface area (Å²) in [5.74, 6) is 1.61. The number of hydrogen-bond acceptors (Lipinski definition) is 6. The lowest BCUT2D eigenvalue weighted by Gasteiger charge is -2.32. The summed E-state index contributed by atoms with van der Waals surface area (Å²) in [4.78, 5) is 34.8. The Balaban J connectivity index is 1.36. The predicted molar refractivity (Wildman–Crippen MR) is 124 cm³/mol. The molecule has 3 rings (SSSR count). The largest absolute Gasteiger partial charge is 0.469 e. The van der Waals surface area contributed by atoms with Crippen LogP contribution >= 0.6 is 0 Å². The topological polar surface area (TPSA) is 84.4 Å². The van der Waals surface area contributed by atoms with Gasteiger partial charge in [-0.1, -0.05) is 12.1 Å². The molecule has 32 heavy (non-hydrogen) atoms. The van der Waals surface area contributed by atoms with E-state index in [1.165, 1.54) is 7.11 Å². The van der Waals surface area contributed by atoms with Gasteiger partial charge in [0.15, 0.2) is 0 Å². The van der Waals surface area contributed by atoms with E-state index in [-0.39, 0.29) is 17.8 Å². The minimum Gasteiger partial charge on any atom is -0.469 e. The van der Waals surface area contributed by atoms with Gasteiger partial charge in [-0.2, -0.15) is 0 Å². The summed E-state index contributed by atoms with van der Waals surface area (Å²) >= 11 is 0. The Morgan fingerprint density at radius 3 is 2.72 bits per heavy atom. The number of methoxy groups -OCH3 is 1. The smallest absolute Gasteiger partial charge is 0.306 e. The van der Waals surface area contributed by atoms with E-state index in [0.717, 1.165) is 63.1 Å². The van der Waals surface area contributed by atoms with E-state index in [0.29, 0.717) is 18.8 Å². The zero-order valence-corrected chi connectivity index (χ0v) is 18.9. The maximum absolute atomic E-state index is 12.5. The second-order valence-electron chi connectivity index (χ2n) is 8.41. The van der Waals surface area contributed by atoms with E-state index >= 15 is 0 Å². The number of likely N-dealkylation sites (tertiary alicyclic amines) is 1. The number of ether oxygens (including phenoxy) is 1. The highest BCUT2D eigenvalue weighted by Gasteiger charge is 2.24. The molecule has 0 aromatic carbocycles. The van der Waals surface area contributed by atoms with Crippen LogP contribution in [0.15, 0.2) is 48.9 Å². The first kappa shape index (κ1) is 23.7. The zero-order chi connectivity index (χ0) is 22.6. The van der Waals surface area contributed by atoms with Gasteiger partial charge < -0.3 is 15.0 Å². The number of carbonyl (C=O) groups excluding carboxylic acids is 2. The minimum absolute atomic E-state index is 0.127. The van der Waals surface area contributed by atoms with Crippen LogP contribution in [0.4, 0.5) is 5.82 Å². The first-order valence-electron chi connectivity index (χ1n) is 11.5. The van der Waals surface area contributed by atoms with Gasteiger partial charge in [0.1, 0.15) is 5.82 Å². The summed E-state index contributed by atoms with van der Waals surface area (Å²) in [6.07, 6.45) is 11.1. The highest BCUT2D eigenvalue weighted by molar-refractivity contribution is 5.76. The SMILES string of the molecule is COC(=O)CC(CCC1CCN(C(=O)CCCNc2ccccn2)CC1)c1cccnc1. The molecule has 1 saturated heterocycles. The first-order chi connectivity index (χ1) is 15.7. The monoisotopic (exact) mass is 438 g/mol. The third-order valence-corrected chi connectivity index (χ3v) is 6.23. The number of esters is 1. The lowest BCUT2D eigenvalue weighted by atomic mass is 9.85. The number of aromatic nitrogens is 2. The van der Waals surface area contributed by atoms with Gasteiger partial charge in [0.25, 0.3) is 0 Å². The summed E-state index contributed by atoms with van der Waals surface area (Å²) in [5.41, 5.74) is 1.09. The van der Waals surface area contributed by atoms with Gasteiger partial charge in [0.2, 0.25) is 5.91 Å². The van der Waals surface area contributed by atoms with Crippen molar-refractivity contribution >= 4 is 17.7 Å². The van der Waals surface area contributed by atoms with Crippen molar-refractivity contribution in [3.05, 3.63) is 54.5 Å². The molecule has 0 radical (unpaired) electrons. The highest BCUT2D eigenvalue weighted by Crippen LogP contribution is 2.30. The van der Waals surface area contributed by atoms with Crippen molar-refractivity contribution in [1.29, 1.82) is 0 Å². The summed E-state index contributed by atoms with van der Waals surface area (Å²) in [5, 5.41) is 3.25. The number of piperidine rings is 1. The third-order valence-electron chi connectivity index (χ3n) is 6.23. The summed E-state index contributed by atoms with van der Waals surface area (Å²) < 4.78 is 4.89. The number of pyridine rings is 2. The average molecular weight is 439 g/mol. The van der Waals surface area contributed by atoms with E-state index in [9.17, 15) is 9.59 Å². The van der Waals surface area contributed by atoms with Gasteiger partial charge in [0, 0.05) is 44.6 Å². The molecule has 2 aromatic heterocycles. The van der Waals surface area contributed by atoms with Crippen LogP contribution in [0.5, 0.6) is 0 Å². The van der Waals surface area contributed by atoms with Crippen LogP contribution in [0.3, 0.4) is 0 Å². The molecule has 1 aliphatic rings. The van der Waals surface area contributed by atoms with Crippen LogP contribution in [0.25, 0.3) is 0 Å². The quantitative estimate of drug-likeness (QED) is 0.421. The minimum atomic E-state index is -0.184. The lowest BCUT2D eigenvalue weighted by Crippen LogP contribution is -2.38. The van der Waals surface area contributed by atoms with Crippen molar-refractivity contribution in [3.63, 3.8) is 0 Å².